The van der Waals surface area contributed by atoms with E-state index in [1.54, 1.807) is 7.11 Å². The second-order valence-electron chi connectivity index (χ2n) is 4.63. The third-order valence-electron chi connectivity index (χ3n) is 3.06. The topological polar surface area (TPSA) is 44.7 Å². The second kappa shape index (κ2) is 10.00. The molecule has 5 heteroatoms. The number of rotatable bonds is 10. The first-order valence-electron chi connectivity index (χ1n) is 7.07. The Bertz CT molecular complexity index is 388. The molecule has 0 saturated carbocycles. The first kappa shape index (κ1) is 17.2. The Morgan fingerprint density at radius 2 is 2.15 bits per heavy atom. The van der Waals surface area contributed by atoms with Gasteiger partial charge in [-0.25, -0.2) is 0 Å². The van der Waals surface area contributed by atoms with E-state index in [0.29, 0.717) is 24.7 Å². The van der Waals surface area contributed by atoms with Gasteiger partial charge in [-0.1, -0.05) is 30.7 Å². The molecule has 0 amide bonds. The Hall–Kier alpha value is -0.810. The molecular weight excluding hydrogens is 276 g/mol. The van der Waals surface area contributed by atoms with E-state index in [4.69, 9.17) is 16.3 Å². The smallest absolute Gasteiger partial charge is 0.0642 e. The molecule has 0 atom stereocenters. The van der Waals surface area contributed by atoms with E-state index < -0.39 is 0 Å². The highest BCUT2D eigenvalue weighted by Gasteiger charge is 2.14. The summed E-state index contributed by atoms with van der Waals surface area (Å²) in [6.07, 6.45) is 1.10. The van der Waals surface area contributed by atoms with Crippen LogP contribution in [0.5, 0.6) is 0 Å². The molecule has 1 rings (SSSR count). The van der Waals surface area contributed by atoms with Gasteiger partial charge in [-0.15, -0.1) is 0 Å². The molecule has 0 bridgehead atoms. The van der Waals surface area contributed by atoms with Gasteiger partial charge in [0, 0.05) is 26.7 Å². The Morgan fingerprint density at radius 3 is 2.80 bits per heavy atom. The summed E-state index contributed by atoms with van der Waals surface area (Å²) in [4.78, 5) is 2.08. The predicted molar refractivity (Wildman–Crippen MR) is 84.6 cm³/mol. The quantitative estimate of drug-likeness (QED) is 0.651. The van der Waals surface area contributed by atoms with Crippen molar-refractivity contribution in [3.05, 3.63) is 28.8 Å². The van der Waals surface area contributed by atoms with E-state index in [1.165, 1.54) is 0 Å². The molecule has 1 aromatic rings. The number of aliphatic hydroxyl groups excluding tert-OH is 1. The monoisotopic (exact) mass is 300 g/mol. The molecule has 0 saturated heterocycles. The number of methoxy groups -OCH3 is 1. The maximum atomic E-state index is 9.25. The minimum atomic E-state index is 0.0940. The lowest BCUT2D eigenvalue weighted by Gasteiger charge is -2.27. The zero-order chi connectivity index (χ0) is 14.8. The summed E-state index contributed by atoms with van der Waals surface area (Å²) in [7, 11) is 1.67. The fraction of sp³-hybridized carbons (Fsp3) is 0.600. The van der Waals surface area contributed by atoms with Crippen LogP contribution in [-0.2, 0) is 11.3 Å². The van der Waals surface area contributed by atoms with E-state index in [2.05, 4.69) is 23.2 Å². The fourth-order valence-corrected chi connectivity index (χ4v) is 2.43. The maximum absolute atomic E-state index is 9.25. The molecule has 0 radical (unpaired) electrons. The lowest BCUT2D eigenvalue weighted by atomic mass is 10.1. The van der Waals surface area contributed by atoms with E-state index in [0.717, 1.165) is 30.8 Å². The number of hydrogen-bond acceptors (Lipinski definition) is 4. The van der Waals surface area contributed by atoms with E-state index in [1.807, 2.05) is 12.1 Å². The lowest BCUT2D eigenvalue weighted by molar-refractivity contribution is 0.203. The molecule has 4 nitrogen and oxygen atoms in total. The number of halogens is 1. The van der Waals surface area contributed by atoms with Crippen molar-refractivity contribution in [2.24, 2.45) is 0 Å². The van der Waals surface area contributed by atoms with Gasteiger partial charge >= 0.3 is 0 Å². The number of para-hydroxylation sites is 1. The van der Waals surface area contributed by atoms with Crippen LogP contribution in [0.25, 0.3) is 0 Å². The number of aliphatic hydroxyl groups is 1. The van der Waals surface area contributed by atoms with E-state index >= 15 is 0 Å². The Kier molecular flexibility index (Phi) is 8.62. The maximum Gasteiger partial charge on any atom is 0.0642 e. The predicted octanol–water partition coefficient (Wildman–Crippen LogP) is 2.28. The normalized spacial score (nSPS) is 10.8. The van der Waals surface area contributed by atoms with Crippen LogP contribution in [0.15, 0.2) is 18.2 Å². The highest BCUT2D eigenvalue weighted by Crippen LogP contribution is 2.29. The SMILES string of the molecule is CCCNCc1cccc(Cl)c1N(CCO)CCOC. The van der Waals surface area contributed by atoms with Crippen LogP contribution >= 0.6 is 11.6 Å². The van der Waals surface area contributed by atoms with Gasteiger partial charge in [0.15, 0.2) is 0 Å². The van der Waals surface area contributed by atoms with Gasteiger partial charge in [0.1, 0.15) is 0 Å². The summed E-state index contributed by atoms with van der Waals surface area (Å²) in [5, 5.41) is 13.4. The van der Waals surface area contributed by atoms with Crippen molar-refractivity contribution < 1.29 is 9.84 Å². The minimum absolute atomic E-state index is 0.0940. The van der Waals surface area contributed by atoms with Crippen molar-refractivity contribution in [1.29, 1.82) is 0 Å². The van der Waals surface area contributed by atoms with Gasteiger partial charge in [0.05, 0.1) is 23.9 Å². The van der Waals surface area contributed by atoms with Crippen LogP contribution < -0.4 is 10.2 Å². The van der Waals surface area contributed by atoms with E-state index in [9.17, 15) is 5.11 Å². The van der Waals surface area contributed by atoms with Crippen molar-refractivity contribution >= 4 is 17.3 Å². The van der Waals surface area contributed by atoms with Crippen molar-refractivity contribution in [3.8, 4) is 0 Å². The summed E-state index contributed by atoms with van der Waals surface area (Å²) in [6.45, 7) is 5.85. The van der Waals surface area contributed by atoms with Crippen molar-refractivity contribution in [2.75, 3.05) is 44.9 Å². The summed E-state index contributed by atoms with van der Waals surface area (Å²) in [5.74, 6) is 0. The summed E-state index contributed by atoms with van der Waals surface area (Å²) < 4.78 is 5.14. The average Bonchev–Trinajstić information content (AvgIpc) is 2.44. The lowest BCUT2D eigenvalue weighted by Crippen LogP contribution is -2.32. The van der Waals surface area contributed by atoms with Crippen LogP contribution in [0, 0.1) is 0 Å². The number of hydrogen-bond donors (Lipinski definition) is 2. The molecule has 2 N–H and O–H groups in total. The highest BCUT2D eigenvalue weighted by atomic mass is 35.5. The molecule has 0 aliphatic heterocycles. The molecule has 0 unspecified atom stereocenters. The molecule has 0 heterocycles. The minimum Gasteiger partial charge on any atom is -0.395 e. The summed E-state index contributed by atoms with van der Waals surface area (Å²) in [5.41, 5.74) is 2.14. The first-order valence-corrected chi connectivity index (χ1v) is 7.45. The Morgan fingerprint density at radius 1 is 1.35 bits per heavy atom. The molecule has 1 aromatic carbocycles. The van der Waals surface area contributed by atoms with Crippen LogP contribution in [-0.4, -0.2) is 45.1 Å². The first-order chi connectivity index (χ1) is 9.74. The van der Waals surface area contributed by atoms with Crippen molar-refractivity contribution in [3.63, 3.8) is 0 Å². The van der Waals surface area contributed by atoms with Crippen LogP contribution in [0.4, 0.5) is 5.69 Å². The zero-order valence-corrected chi connectivity index (χ0v) is 13.1. The van der Waals surface area contributed by atoms with Gasteiger partial charge in [0.2, 0.25) is 0 Å². The van der Waals surface area contributed by atoms with Gasteiger partial charge < -0.3 is 20.1 Å². The highest BCUT2D eigenvalue weighted by molar-refractivity contribution is 6.33. The summed E-state index contributed by atoms with van der Waals surface area (Å²) >= 11 is 6.36. The van der Waals surface area contributed by atoms with Crippen LogP contribution in [0.1, 0.15) is 18.9 Å². The molecular formula is C15H25ClN2O2. The molecule has 0 aliphatic rings. The van der Waals surface area contributed by atoms with E-state index in [-0.39, 0.29) is 6.61 Å². The van der Waals surface area contributed by atoms with Gasteiger partial charge in [-0.05, 0) is 24.6 Å². The van der Waals surface area contributed by atoms with Crippen LogP contribution in [0.2, 0.25) is 5.02 Å². The Labute approximate surface area is 126 Å². The third-order valence-corrected chi connectivity index (χ3v) is 3.37. The number of ether oxygens (including phenoxy) is 1. The molecule has 0 aromatic heterocycles. The van der Waals surface area contributed by atoms with Gasteiger partial charge in [-0.2, -0.15) is 0 Å². The van der Waals surface area contributed by atoms with Crippen molar-refractivity contribution in [1.82, 2.24) is 5.32 Å². The van der Waals surface area contributed by atoms with Crippen LogP contribution in [0.3, 0.4) is 0 Å². The molecule has 0 fully saturated rings. The number of anilines is 1. The third kappa shape index (κ3) is 5.29. The molecule has 114 valence electrons. The zero-order valence-electron chi connectivity index (χ0n) is 12.4. The standard InChI is InChI=1S/C15H25ClN2O2/c1-3-7-17-12-13-5-4-6-14(16)15(13)18(8-10-19)9-11-20-2/h4-6,17,19H,3,7-12H2,1-2H3. The molecule has 0 spiro atoms. The largest absolute Gasteiger partial charge is 0.395 e. The van der Waals surface area contributed by atoms with Gasteiger partial charge in [-0.3, -0.25) is 0 Å². The number of benzene rings is 1. The summed E-state index contributed by atoms with van der Waals surface area (Å²) in [6, 6.07) is 5.92. The van der Waals surface area contributed by atoms with Gasteiger partial charge in [0.25, 0.3) is 0 Å². The molecule has 20 heavy (non-hydrogen) atoms. The number of nitrogens with zero attached hydrogens (tertiary/aromatic N) is 1. The van der Waals surface area contributed by atoms with Crippen molar-refractivity contribution in [2.45, 2.75) is 19.9 Å². The number of nitrogens with one attached hydrogen (secondary N) is 1. The average molecular weight is 301 g/mol. The molecule has 0 aliphatic carbocycles. The Balaban J connectivity index is 2.91. The fourth-order valence-electron chi connectivity index (χ4n) is 2.11. The second-order valence-corrected chi connectivity index (χ2v) is 5.03.